The summed E-state index contributed by atoms with van der Waals surface area (Å²) in [6.07, 6.45) is 4.16. The van der Waals surface area contributed by atoms with Gasteiger partial charge in [-0.1, -0.05) is 62.2 Å². The first-order valence-corrected chi connectivity index (χ1v) is 10.3. The Morgan fingerprint density at radius 1 is 1.07 bits per heavy atom. The van der Waals surface area contributed by atoms with Gasteiger partial charge in [0.05, 0.1) is 5.56 Å². The SMILES string of the molecule is CC1CCC(c2ccc(CC(C/C(F)=C/F)OC(=O)c3ccccc3)cc2)CC1. The molecule has 0 aliphatic heterocycles. The fraction of sp³-hybridized carbons (Fsp3) is 0.400. The predicted octanol–water partition coefficient (Wildman–Crippen LogP) is 6.92. The highest BCUT2D eigenvalue weighted by molar-refractivity contribution is 5.89. The third kappa shape index (κ3) is 6.25. The van der Waals surface area contributed by atoms with E-state index < -0.39 is 17.9 Å². The van der Waals surface area contributed by atoms with Crippen LogP contribution in [0.15, 0.2) is 66.8 Å². The molecule has 1 saturated carbocycles. The van der Waals surface area contributed by atoms with E-state index in [2.05, 4.69) is 19.1 Å². The molecule has 1 fully saturated rings. The Labute approximate surface area is 171 Å². The summed E-state index contributed by atoms with van der Waals surface area (Å²) in [6.45, 7) is 2.31. The van der Waals surface area contributed by atoms with Gasteiger partial charge in [-0.15, -0.1) is 0 Å². The minimum Gasteiger partial charge on any atom is -0.458 e. The third-order valence-electron chi connectivity index (χ3n) is 5.75. The first-order chi connectivity index (χ1) is 14.0. The highest BCUT2D eigenvalue weighted by Gasteiger charge is 2.21. The van der Waals surface area contributed by atoms with E-state index in [0.29, 0.717) is 17.9 Å². The van der Waals surface area contributed by atoms with Crippen molar-refractivity contribution < 1.29 is 18.3 Å². The molecule has 154 valence electrons. The van der Waals surface area contributed by atoms with E-state index in [1.165, 1.54) is 31.2 Å². The molecular weight excluding hydrogens is 370 g/mol. The van der Waals surface area contributed by atoms with Crippen LogP contribution >= 0.6 is 0 Å². The fourth-order valence-corrected chi connectivity index (χ4v) is 3.99. The van der Waals surface area contributed by atoms with Gasteiger partial charge in [-0.05, 0) is 47.9 Å². The lowest BCUT2D eigenvalue weighted by Crippen LogP contribution is -2.21. The van der Waals surface area contributed by atoms with E-state index in [1.54, 1.807) is 30.3 Å². The topological polar surface area (TPSA) is 26.3 Å². The zero-order valence-electron chi connectivity index (χ0n) is 16.8. The number of ether oxygens (including phenoxy) is 1. The van der Waals surface area contributed by atoms with E-state index in [-0.39, 0.29) is 12.8 Å². The number of esters is 1. The summed E-state index contributed by atoms with van der Waals surface area (Å²) >= 11 is 0. The lowest BCUT2D eigenvalue weighted by Gasteiger charge is -2.26. The lowest BCUT2D eigenvalue weighted by atomic mass is 9.79. The molecular formula is C25H28F2O2. The number of hydrogen-bond donors (Lipinski definition) is 0. The van der Waals surface area contributed by atoms with Crippen LogP contribution in [0.4, 0.5) is 8.78 Å². The van der Waals surface area contributed by atoms with Crippen molar-refractivity contribution in [2.75, 3.05) is 0 Å². The molecule has 0 spiro atoms. The number of carbonyl (C=O) groups is 1. The quantitative estimate of drug-likeness (QED) is 0.473. The van der Waals surface area contributed by atoms with Crippen LogP contribution in [0.1, 0.15) is 66.4 Å². The van der Waals surface area contributed by atoms with Gasteiger partial charge in [-0.2, -0.15) is 0 Å². The Morgan fingerprint density at radius 3 is 2.34 bits per heavy atom. The molecule has 0 heterocycles. The summed E-state index contributed by atoms with van der Waals surface area (Å²) in [5.74, 6) is -0.0538. The van der Waals surface area contributed by atoms with Gasteiger partial charge in [0.2, 0.25) is 0 Å². The molecule has 0 radical (unpaired) electrons. The number of hydrogen-bond acceptors (Lipinski definition) is 2. The summed E-state index contributed by atoms with van der Waals surface area (Å²) in [5, 5.41) is 0. The van der Waals surface area contributed by atoms with Crippen molar-refractivity contribution >= 4 is 5.97 Å². The minimum atomic E-state index is -0.927. The number of rotatable bonds is 7. The van der Waals surface area contributed by atoms with E-state index in [1.807, 2.05) is 12.1 Å². The molecule has 29 heavy (non-hydrogen) atoms. The van der Waals surface area contributed by atoms with Crippen molar-refractivity contribution in [3.63, 3.8) is 0 Å². The molecule has 2 aromatic carbocycles. The Bertz CT molecular complexity index is 806. The van der Waals surface area contributed by atoms with Crippen molar-refractivity contribution in [2.45, 2.75) is 57.5 Å². The van der Waals surface area contributed by atoms with Gasteiger partial charge >= 0.3 is 5.97 Å². The Hall–Kier alpha value is -2.49. The molecule has 0 N–H and O–H groups in total. The first kappa shape index (κ1) is 21.2. The summed E-state index contributed by atoms with van der Waals surface area (Å²) in [7, 11) is 0. The van der Waals surface area contributed by atoms with Gasteiger partial charge in [-0.25, -0.2) is 13.6 Å². The van der Waals surface area contributed by atoms with Crippen LogP contribution in [0.3, 0.4) is 0 Å². The van der Waals surface area contributed by atoms with E-state index in [0.717, 1.165) is 11.5 Å². The predicted molar refractivity (Wildman–Crippen MR) is 111 cm³/mol. The van der Waals surface area contributed by atoms with Crippen LogP contribution in [0.25, 0.3) is 0 Å². The Balaban J connectivity index is 1.66. The zero-order chi connectivity index (χ0) is 20.6. The molecule has 4 heteroatoms. The fourth-order valence-electron chi connectivity index (χ4n) is 3.99. The van der Waals surface area contributed by atoms with Gasteiger partial charge in [-0.3, -0.25) is 0 Å². The molecule has 2 aromatic rings. The van der Waals surface area contributed by atoms with Crippen LogP contribution in [-0.4, -0.2) is 12.1 Å². The van der Waals surface area contributed by atoms with Crippen LogP contribution in [0.5, 0.6) is 0 Å². The molecule has 2 nitrogen and oxygen atoms in total. The van der Waals surface area contributed by atoms with E-state index >= 15 is 0 Å². The maximum atomic E-state index is 13.6. The maximum Gasteiger partial charge on any atom is 0.338 e. The van der Waals surface area contributed by atoms with E-state index in [4.69, 9.17) is 4.74 Å². The number of benzene rings is 2. The standard InChI is InChI=1S/C25H28F2O2/c1-18-7-11-20(12-8-18)21-13-9-19(10-14-21)15-24(16-23(27)17-26)29-25(28)22-5-3-2-4-6-22/h2-6,9-10,13-14,17-18,20,24H,7-8,11-12,15-16H2,1H3/b23-17-. The molecule has 0 saturated heterocycles. The summed E-state index contributed by atoms with van der Waals surface area (Å²) in [6, 6.07) is 16.8. The second-order valence-electron chi connectivity index (χ2n) is 8.06. The largest absolute Gasteiger partial charge is 0.458 e. The molecule has 0 amide bonds. The second-order valence-corrected chi connectivity index (χ2v) is 8.06. The molecule has 1 atom stereocenters. The highest BCUT2D eigenvalue weighted by Crippen LogP contribution is 2.35. The lowest BCUT2D eigenvalue weighted by molar-refractivity contribution is 0.0292. The van der Waals surface area contributed by atoms with Crippen molar-refractivity contribution in [3.8, 4) is 0 Å². The van der Waals surface area contributed by atoms with Crippen molar-refractivity contribution in [1.29, 1.82) is 0 Å². The van der Waals surface area contributed by atoms with Gasteiger partial charge in [0, 0.05) is 12.8 Å². The molecule has 0 aromatic heterocycles. The minimum absolute atomic E-state index is 0.0729. The van der Waals surface area contributed by atoms with Crippen molar-refractivity contribution in [2.24, 2.45) is 5.92 Å². The average molecular weight is 398 g/mol. The van der Waals surface area contributed by atoms with Crippen LogP contribution in [0.2, 0.25) is 0 Å². The third-order valence-corrected chi connectivity index (χ3v) is 5.75. The Morgan fingerprint density at radius 2 is 1.72 bits per heavy atom. The summed E-state index contributed by atoms with van der Waals surface area (Å²) < 4.78 is 31.6. The number of halogens is 2. The van der Waals surface area contributed by atoms with Gasteiger partial charge in [0.1, 0.15) is 18.3 Å². The van der Waals surface area contributed by atoms with Gasteiger partial charge in [0.25, 0.3) is 0 Å². The summed E-state index contributed by atoms with van der Waals surface area (Å²) in [4.78, 5) is 12.3. The zero-order valence-corrected chi connectivity index (χ0v) is 16.8. The molecule has 1 aliphatic carbocycles. The monoisotopic (exact) mass is 398 g/mol. The molecule has 0 bridgehead atoms. The second kappa shape index (κ2) is 10.3. The van der Waals surface area contributed by atoms with Crippen molar-refractivity contribution in [1.82, 2.24) is 0 Å². The van der Waals surface area contributed by atoms with Crippen LogP contribution < -0.4 is 0 Å². The van der Waals surface area contributed by atoms with Crippen LogP contribution in [-0.2, 0) is 11.2 Å². The Kier molecular flexibility index (Phi) is 7.56. The summed E-state index contributed by atoms with van der Waals surface area (Å²) in [5.41, 5.74) is 2.66. The van der Waals surface area contributed by atoms with Gasteiger partial charge in [0.15, 0.2) is 0 Å². The highest BCUT2D eigenvalue weighted by atomic mass is 19.2. The van der Waals surface area contributed by atoms with Crippen LogP contribution in [0, 0.1) is 5.92 Å². The molecule has 1 unspecified atom stereocenters. The van der Waals surface area contributed by atoms with Crippen molar-refractivity contribution in [3.05, 3.63) is 83.4 Å². The maximum absolute atomic E-state index is 13.6. The van der Waals surface area contributed by atoms with Gasteiger partial charge < -0.3 is 4.74 Å². The molecule has 1 aliphatic rings. The normalized spacial score (nSPS) is 20.9. The average Bonchev–Trinajstić information content (AvgIpc) is 2.75. The smallest absolute Gasteiger partial charge is 0.338 e. The molecule has 3 rings (SSSR count). The number of carbonyl (C=O) groups excluding carboxylic acids is 1. The first-order valence-electron chi connectivity index (χ1n) is 10.3. The van der Waals surface area contributed by atoms with E-state index in [9.17, 15) is 13.6 Å².